The first-order chi connectivity index (χ1) is 23.8. The molecule has 15 heteroatoms. The maximum atomic E-state index is 14.8. The highest BCUT2D eigenvalue weighted by Crippen LogP contribution is 2.88. The molecule has 5 atom stereocenters. The number of carbonyl (C=O) groups is 5. The summed E-state index contributed by atoms with van der Waals surface area (Å²) in [7, 11) is 0.590. The highest BCUT2D eigenvalue weighted by Gasteiger charge is 2.85. The van der Waals surface area contributed by atoms with E-state index in [1.165, 1.54) is 25.4 Å². The zero-order valence-corrected chi connectivity index (χ0v) is 34.4. The Morgan fingerprint density at radius 1 is 0.885 bits per heavy atom. The van der Waals surface area contributed by atoms with E-state index in [0.29, 0.717) is 19.4 Å². The number of ketones is 1. The minimum atomic E-state index is -3.75. The van der Waals surface area contributed by atoms with Gasteiger partial charge in [0.15, 0.2) is 0 Å². The van der Waals surface area contributed by atoms with Gasteiger partial charge in [-0.15, -0.1) is 0 Å². The summed E-state index contributed by atoms with van der Waals surface area (Å²) in [4.78, 5) is 70.5. The number of amides is 5. The third-order valence-electron chi connectivity index (χ3n) is 12.8. The van der Waals surface area contributed by atoms with E-state index >= 15 is 0 Å². The van der Waals surface area contributed by atoms with Crippen molar-refractivity contribution in [3.63, 3.8) is 0 Å². The number of likely N-dealkylation sites (N-methyl/N-ethyl adjacent to an activating group) is 1. The number of Topliss-reactive ketones (excluding diaryl/α,β-unsaturated/α-hetero) is 1. The summed E-state index contributed by atoms with van der Waals surface area (Å²) in [6.07, 6.45) is 6.07. The Morgan fingerprint density at radius 2 is 1.48 bits per heavy atom. The van der Waals surface area contributed by atoms with Gasteiger partial charge in [-0.1, -0.05) is 75.2 Å². The average molecular weight is 752 g/mol. The molecule has 4 fully saturated rings. The minimum Gasteiger partial charge on any atom is -0.347 e. The normalized spacial score (nSPS) is 25.3. The van der Waals surface area contributed by atoms with Crippen LogP contribution in [0.4, 0.5) is 4.79 Å². The van der Waals surface area contributed by atoms with Crippen LogP contribution in [-0.2, 0) is 29.4 Å². The Hall–Kier alpha value is -2.78. The second kappa shape index (κ2) is 14.5. The SMILES string of the molecule is CCCC(NC(=O)[C@@H]1CC2(CN1C(=O)[C@@H](NC(=O)N[C@H](CN(C)S(=O)(=O)N(C)C)C(C)(C)C)C(C)(C)C)C(C)(C)C21CCC1)C(=O)C(=O)NC1CC1. The van der Waals surface area contributed by atoms with Gasteiger partial charge in [0.1, 0.15) is 12.1 Å². The summed E-state index contributed by atoms with van der Waals surface area (Å²) in [6.45, 7) is 17.9. The standard InChI is InChI=1S/C37H65N7O7S/c1-13-15-24(27(45)30(47)38-23-16-17-23)39-29(46)25-20-37(35(8,9)36(37)18-14-19-36)22-44(25)31(48)28(34(5,6)7)41-32(49)40-26(33(2,3)4)21-43(12)52(50,51)42(10)11/h23-26,28H,13-22H2,1-12H3,(H,38,47)(H,39,46)(H2,40,41,49)/t24?,25-,26+,28+,37?/m0/s1. The second-order valence-corrected chi connectivity index (χ2v) is 20.9. The Morgan fingerprint density at radius 3 is 1.92 bits per heavy atom. The number of urea groups is 1. The van der Waals surface area contributed by atoms with Crippen LogP contribution in [0, 0.1) is 27.1 Å². The van der Waals surface area contributed by atoms with Crippen LogP contribution < -0.4 is 21.3 Å². The summed E-state index contributed by atoms with van der Waals surface area (Å²) in [5.74, 6) is -2.25. The van der Waals surface area contributed by atoms with Crippen LogP contribution in [0.1, 0.15) is 114 Å². The van der Waals surface area contributed by atoms with Crippen LogP contribution in [-0.4, -0.2) is 116 Å². The molecule has 1 heterocycles. The monoisotopic (exact) mass is 751 g/mol. The molecule has 4 N–H and O–H groups in total. The molecule has 5 amide bonds. The lowest BCUT2D eigenvalue weighted by atomic mass is 9.73. The predicted molar refractivity (Wildman–Crippen MR) is 199 cm³/mol. The van der Waals surface area contributed by atoms with Crippen molar-refractivity contribution in [3.8, 4) is 0 Å². The molecule has 52 heavy (non-hydrogen) atoms. The molecular formula is C37H65N7O7S. The van der Waals surface area contributed by atoms with Gasteiger partial charge < -0.3 is 26.2 Å². The summed E-state index contributed by atoms with van der Waals surface area (Å²) in [6, 6.07) is -4.20. The third kappa shape index (κ3) is 7.73. The molecule has 2 unspecified atom stereocenters. The molecule has 0 bridgehead atoms. The average Bonchev–Trinajstić information content (AvgIpc) is 3.82. The number of nitrogens with one attached hydrogen (secondary N) is 4. The Kier molecular flexibility index (Phi) is 11.7. The minimum absolute atomic E-state index is 0.00213. The molecule has 14 nitrogen and oxygen atoms in total. The molecule has 3 saturated carbocycles. The van der Waals surface area contributed by atoms with Crippen molar-refractivity contribution in [2.75, 3.05) is 34.2 Å². The summed E-state index contributed by atoms with van der Waals surface area (Å²) >= 11 is 0. The van der Waals surface area contributed by atoms with Crippen molar-refractivity contribution in [2.45, 2.75) is 144 Å². The second-order valence-electron chi connectivity index (χ2n) is 18.7. The molecule has 4 rings (SSSR count). The zero-order chi connectivity index (χ0) is 39.4. The fraction of sp³-hybridized carbons (Fsp3) is 0.865. The van der Waals surface area contributed by atoms with Crippen LogP contribution in [0.2, 0.25) is 0 Å². The van der Waals surface area contributed by atoms with Gasteiger partial charge >= 0.3 is 6.03 Å². The maximum absolute atomic E-state index is 14.8. The lowest BCUT2D eigenvalue weighted by Gasteiger charge is -2.38. The van der Waals surface area contributed by atoms with E-state index < -0.39 is 74.7 Å². The topological polar surface area (TPSA) is 177 Å². The van der Waals surface area contributed by atoms with E-state index in [2.05, 4.69) is 35.1 Å². The Bertz CT molecular complexity index is 1520. The van der Waals surface area contributed by atoms with Crippen molar-refractivity contribution in [1.29, 1.82) is 0 Å². The largest absolute Gasteiger partial charge is 0.347 e. The number of fused-ring (bicyclic) bond motifs is 1. The van der Waals surface area contributed by atoms with Gasteiger partial charge in [-0.25, -0.2) is 4.79 Å². The first kappa shape index (κ1) is 42.0. The van der Waals surface area contributed by atoms with E-state index in [1.54, 1.807) is 4.90 Å². The van der Waals surface area contributed by atoms with Crippen molar-refractivity contribution in [2.24, 2.45) is 27.1 Å². The summed E-state index contributed by atoms with van der Waals surface area (Å²) in [5, 5.41) is 11.4. The lowest BCUT2D eigenvalue weighted by molar-refractivity contribution is -0.144. The zero-order valence-electron chi connectivity index (χ0n) is 33.6. The number of nitrogens with zero attached hydrogens (tertiary/aromatic N) is 3. The molecule has 296 valence electrons. The van der Waals surface area contributed by atoms with Crippen LogP contribution in [0.5, 0.6) is 0 Å². The molecule has 1 aliphatic heterocycles. The fourth-order valence-corrected chi connectivity index (χ4v) is 9.74. The predicted octanol–water partition coefficient (Wildman–Crippen LogP) is 2.78. The van der Waals surface area contributed by atoms with Crippen LogP contribution in [0.3, 0.4) is 0 Å². The van der Waals surface area contributed by atoms with Crippen LogP contribution in [0.25, 0.3) is 0 Å². The van der Waals surface area contributed by atoms with Crippen molar-refractivity contribution >= 4 is 39.7 Å². The number of rotatable bonds is 14. The Labute approximate surface area is 311 Å². The quantitative estimate of drug-likeness (QED) is 0.197. The van der Waals surface area contributed by atoms with Crippen molar-refractivity contribution in [1.82, 2.24) is 34.8 Å². The van der Waals surface area contributed by atoms with E-state index in [-0.39, 0.29) is 35.3 Å². The third-order valence-corrected chi connectivity index (χ3v) is 14.6. The number of likely N-dealkylation sites (tertiary alicyclic amines) is 1. The van der Waals surface area contributed by atoms with Crippen molar-refractivity contribution < 1.29 is 32.4 Å². The Balaban J connectivity index is 1.60. The van der Waals surface area contributed by atoms with E-state index in [4.69, 9.17) is 0 Å². The van der Waals surface area contributed by atoms with Gasteiger partial charge in [-0.3, -0.25) is 19.2 Å². The lowest BCUT2D eigenvalue weighted by Crippen LogP contribution is -2.62. The van der Waals surface area contributed by atoms with E-state index in [1.807, 2.05) is 48.5 Å². The van der Waals surface area contributed by atoms with Gasteiger partial charge in [0, 0.05) is 51.7 Å². The van der Waals surface area contributed by atoms with Gasteiger partial charge in [-0.05, 0) is 60.2 Å². The molecule has 2 spiro atoms. The maximum Gasteiger partial charge on any atom is 0.315 e. The summed E-state index contributed by atoms with van der Waals surface area (Å²) in [5.41, 5.74) is -1.72. The molecular weight excluding hydrogens is 687 g/mol. The molecule has 0 aromatic rings. The highest BCUT2D eigenvalue weighted by molar-refractivity contribution is 7.86. The highest BCUT2D eigenvalue weighted by atomic mass is 32.2. The molecule has 4 aliphatic rings. The summed E-state index contributed by atoms with van der Waals surface area (Å²) < 4.78 is 27.9. The van der Waals surface area contributed by atoms with E-state index in [0.717, 1.165) is 36.4 Å². The first-order valence-electron chi connectivity index (χ1n) is 18.9. The van der Waals surface area contributed by atoms with Crippen molar-refractivity contribution in [3.05, 3.63) is 0 Å². The molecule has 0 aromatic heterocycles. The van der Waals surface area contributed by atoms with Gasteiger partial charge in [0.25, 0.3) is 16.1 Å². The number of carbonyl (C=O) groups excluding carboxylic acids is 5. The molecule has 3 aliphatic carbocycles. The van der Waals surface area contributed by atoms with Gasteiger partial charge in [-0.2, -0.15) is 17.0 Å². The van der Waals surface area contributed by atoms with Crippen LogP contribution in [0.15, 0.2) is 0 Å². The molecule has 0 radical (unpaired) electrons. The molecule has 1 saturated heterocycles. The first-order valence-corrected chi connectivity index (χ1v) is 20.3. The molecule has 0 aromatic carbocycles. The van der Waals surface area contributed by atoms with Crippen LogP contribution >= 0.6 is 0 Å². The van der Waals surface area contributed by atoms with Gasteiger partial charge in [0.2, 0.25) is 17.6 Å². The van der Waals surface area contributed by atoms with E-state index in [9.17, 15) is 32.4 Å². The smallest absolute Gasteiger partial charge is 0.315 e. The number of hydrogen-bond acceptors (Lipinski definition) is 7. The number of hydrogen-bond donors (Lipinski definition) is 4. The van der Waals surface area contributed by atoms with Gasteiger partial charge in [0.05, 0.1) is 6.04 Å². The fourth-order valence-electron chi connectivity index (χ4n) is 8.84.